The van der Waals surface area contributed by atoms with Gasteiger partial charge in [-0.2, -0.15) is 0 Å². The molecule has 0 aliphatic rings. The zero-order chi connectivity index (χ0) is 19.3. The quantitative estimate of drug-likeness (QED) is 0.481. The van der Waals surface area contributed by atoms with E-state index < -0.39 is 17.4 Å². The van der Waals surface area contributed by atoms with Crippen LogP contribution in [0.15, 0.2) is 35.1 Å². The van der Waals surface area contributed by atoms with Gasteiger partial charge in [0.25, 0.3) is 5.56 Å². The van der Waals surface area contributed by atoms with Gasteiger partial charge in [0, 0.05) is 7.05 Å². The number of rotatable bonds is 3. The maximum absolute atomic E-state index is 12.5. The molecule has 0 aliphatic heterocycles. The molecule has 0 fully saturated rings. The van der Waals surface area contributed by atoms with E-state index in [1.165, 1.54) is 0 Å². The number of fused-ring (bicyclic) bond motifs is 3. The van der Waals surface area contributed by atoms with Crippen LogP contribution in [0.4, 0.5) is 11.6 Å². The standard InChI is InChI=1S/C17H11Cl2N5O3/c1-24-13-10(21-17(24)22-12-7(18)3-2-4-8(12)19)6-5-9-11(13)15(25)23-14(20-9)16(26)27/h2-6H,1H3,(H,21,22)(H,26,27)(H,20,23,25). The largest absolute Gasteiger partial charge is 0.475 e. The molecule has 0 bridgehead atoms. The van der Waals surface area contributed by atoms with Crippen LogP contribution in [0.5, 0.6) is 0 Å². The van der Waals surface area contributed by atoms with Crippen molar-refractivity contribution in [2.75, 3.05) is 5.32 Å². The summed E-state index contributed by atoms with van der Waals surface area (Å²) in [4.78, 5) is 34.3. The molecule has 0 radical (unpaired) electrons. The van der Waals surface area contributed by atoms with Crippen molar-refractivity contribution in [3.63, 3.8) is 0 Å². The highest BCUT2D eigenvalue weighted by Crippen LogP contribution is 2.33. The van der Waals surface area contributed by atoms with Crippen molar-refractivity contribution >= 4 is 62.7 Å². The van der Waals surface area contributed by atoms with Crippen molar-refractivity contribution in [1.82, 2.24) is 19.5 Å². The number of hydrogen-bond acceptors (Lipinski definition) is 5. The Morgan fingerprint density at radius 2 is 1.81 bits per heavy atom. The van der Waals surface area contributed by atoms with Gasteiger partial charge >= 0.3 is 5.97 Å². The number of anilines is 2. The average molecular weight is 404 g/mol. The van der Waals surface area contributed by atoms with Crippen LogP contribution < -0.4 is 10.9 Å². The first kappa shape index (κ1) is 17.3. The second-order valence-electron chi connectivity index (χ2n) is 5.76. The Labute approximate surface area is 161 Å². The number of carboxylic acids is 1. The minimum atomic E-state index is -1.31. The van der Waals surface area contributed by atoms with Crippen LogP contribution in [-0.4, -0.2) is 30.6 Å². The highest BCUT2D eigenvalue weighted by Gasteiger charge is 2.18. The van der Waals surface area contributed by atoms with Crippen LogP contribution in [-0.2, 0) is 7.05 Å². The maximum atomic E-state index is 12.5. The lowest BCUT2D eigenvalue weighted by atomic mass is 10.2. The van der Waals surface area contributed by atoms with Gasteiger partial charge in [-0.15, -0.1) is 0 Å². The van der Waals surface area contributed by atoms with Gasteiger partial charge in [-0.25, -0.2) is 14.8 Å². The lowest BCUT2D eigenvalue weighted by Gasteiger charge is -2.10. The number of nitrogens with one attached hydrogen (secondary N) is 2. The zero-order valence-electron chi connectivity index (χ0n) is 13.7. The van der Waals surface area contributed by atoms with Crippen LogP contribution in [0, 0.1) is 0 Å². The number of aromatic carboxylic acids is 1. The van der Waals surface area contributed by atoms with Crippen LogP contribution in [0.2, 0.25) is 10.0 Å². The number of benzene rings is 2. The van der Waals surface area contributed by atoms with Crippen LogP contribution in [0.25, 0.3) is 21.9 Å². The van der Waals surface area contributed by atoms with Crippen molar-refractivity contribution < 1.29 is 9.90 Å². The molecule has 0 spiro atoms. The van der Waals surface area contributed by atoms with Crippen LogP contribution in [0.1, 0.15) is 10.6 Å². The number of aromatic nitrogens is 4. The van der Waals surface area contributed by atoms with Gasteiger partial charge < -0.3 is 20.0 Å². The molecule has 2 aromatic carbocycles. The summed E-state index contributed by atoms with van der Waals surface area (Å²) in [5.74, 6) is -1.32. The number of aryl methyl sites for hydroxylation is 1. The molecule has 8 nitrogen and oxygen atoms in total. The predicted octanol–water partition coefficient (Wildman–Crippen LogP) is 3.56. The summed E-state index contributed by atoms with van der Waals surface area (Å²) in [6, 6.07) is 8.32. The highest BCUT2D eigenvalue weighted by molar-refractivity contribution is 6.39. The number of carboxylic acid groups (broad SMARTS) is 1. The van der Waals surface area contributed by atoms with Crippen LogP contribution >= 0.6 is 23.2 Å². The summed E-state index contributed by atoms with van der Waals surface area (Å²) in [7, 11) is 1.71. The SMILES string of the molecule is Cn1c(Nc2c(Cl)cccc2Cl)nc2ccc3nc(C(=O)O)[nH]c(=O)c3c21. The monoisotopic (exact) mass is 403 g/mol. The Bertz CT molecular complexity index is 1280. The number of carbonyl (C=O) groups is 1. The number of imidazole rings is 1. The lowest BCUT2D eigenvalue weighted by molar-refractivity contribution is 0.0683. The maximum Gasteiger partial charge on any atom is 0.372 e. The molecule has 2 heterocycles. The summed E-state index contributed by atoms with van der Waals surface area (Å²) in [6.45, 7) is 0. The van der Waals surface area contributed by atoms with Gasteiger partial charge in [-0.1, -0.05) is 29.3 Å². The number of para-hydroxylation sites is 1. The fourth-order valence-electron chi connectivity index (χ4n) is 2.87. The first-order valence-corrected chi connectivity index (χ1v) is 8.46. The molecule has 3 N–H and O–H groups in total. The fourth-order valence-corrected chi connectivity index (χ4v) is 3.36. The molecule has 0 aliphatic carbocycles. The molecule has 136 valence electrons. The van der Waals surface area contributed by atoms with Gasteiger partial charge in [-0.3, -0.25) is 4.79 Å². The lowest BCUT2D eigenvalue weighted by Crippen LogP contribution is -2.16. The number of nitrogens with zero attached hydrogens (tertiary/aromatic N) is 3. The molecular formula is C17H11Cl2N5O3. The molecule has 0 saturated carbocycles. The summed E-state index contributed by atoms with van der Waals surface area (Å²) < 4.78 is 1.66. The summed E-state index contributed by atoms with van der Waals surface area (Å²) in [5, 5.41) is 13.2. The van der Waals surface area contributed by atoms with E-state index in [1.54, 1.807) is 41.9 Å². The van der Waals surface area contributed by atoms with Crippen molar-refractivity contribution in [3.05, 3.63) is 56.6 Å². The summed E-state index contributed by atoms with van der Waals surface area (Å²) in [5.41, 5.74) is 1.22. The number of aromatic amines is 1. The Balaban J connectivity index is 1.95. The topological polar surface area (TPSA) is 113 Å². The minimum absolute atomic E-state index is 0.241. The third-order valence-corrected chi connectivity index (χ3v) is 4.74. The number of halogens is 2. The predicted molar refractivity (Wildman–Crippen MR) is 103 cm³/mol. The Morgan fingerprint density at radius 1 is 1.15 bits per heavy atom. The van der Waals surface area contributed by atoms with E-state index in [4.69, 9.17) is 28.3 Å². The van der Waals surface area contributed by atoms with Gasteiger partial charge in [0.05, 0.1) is 37.7 Å². The van der Waals surface area contributed by atoms with E-state index in [0.717, 1.165) is 0 Å². The summed E-state index contributed by atoms with van der Waals surface area (Å²) >= 11 is 12.4. The average Bonchev–Trinajstić information content (AvgIpc) is 2.94. The van der Waals surface area contributed by atoms with E-state index in [2.05, 4.69) is 20.3 Å². The van der Waals surface area contributed by atoms with Crippen LogP contribution in [0.3, 0.4) is 0 Å². The molecule has 0 unspecified atom stereocenters. The molecular weight excluding hydrogens is 393 g/mol. The molecule has 27 heavy (non-hydrogen) atoms. The minimum Gasteiger partial charge on any atom is -0.475 e. The second-order valence-corrected chi connectivity index (χ2v) is 6.58. The Hall–Kier alpha value is -3.10. The number of H-pyrrole nitrogens is 1. The zero-order valence-corrected chi connectivity index (χ0v) is 15.3. The molecule has 0 atom stereocenters. The third kappa shape index (κ3) is 2.79. The molecule has 0 amide bonds. The number of hydrogen-bond donors (Lipinski definition) is 3. The van der Waals surface area contributed by atoms with Crippen molar-refractivity contribution in [3.8, 4) is 0 Å². The smallest absolute Gasteiger partial charge is 0.372 e. The van der Waals surface area contributed by atoms with Gasteiger partial charge in [0.2, 0.25) is 11.8 Å². The van der Waals surface area contributed by atoms with Gasteiger partial charge in [0.1, 0.15) is 0 Å². The third-order valence-electron chi connectivity index (χ3n) is 4.11. The fraction of sp³-hybridized carbons (Fsp3) is 0.0588. The van der Waals surface area contributed by atoms with Crippen molar-refractivity contribution in [1.29, 1.82) is 0 Å². The highest BCUT2D eigenvalue weighted by atomic mass is 35.5. The van der Waals surface area contributed by atoms with E-state index in [0.29, 0.717) is 32.7 Å². The molecule has 4 aromatic rings. The Kier molecular flexibility index (Phi) is 4.01. The first-order valence-electron chi connectivity index (χ1n) is 7.70. The van der Waals surface area contributed by atoms with E-state index >= 15 is 0 Å². The first-order chi connectivity index (χ1) is 12.9. The van der Waals surface area contributed by atoms with Gasteiger partial charge in [0.15, 0.2) is 0 Å². The van der Waals surface area contributed by atoms with E-state index in [9.17, 15) is 9.59 Å². The Morgan fingerprint density at radius 3 is 2.48 bits per heavy atom. The van der Waals surface area contributed by atoms with Crippen molar-refractivity contribution in [2.45, 2.75) is 0 Å². The van der Waals surface area contributed by atoms with Crippen molar-refractivity contribution in [2.24, 2.45) is 7.05 Å². The molecule has 2 aromatic heterocycles. The normalized spacial score (nSPS) is 11.2. The van der Waals surface area contributed by atoms with E-state index in [-0.39, 0.29) is 10.9 Å². The molecule has 0 saturated heterocycles. The molecule has 10 heteroatoms. The van der Waals surface area contributed by atoms with Gasteiger partial charge in [-0.05, 0) is 24.3 Å². The summed E-state index contributed by atoms with van der Waals surface area (Å²) in [6.07, 6.45) is 0. The second kappa shape index (κ2) is 6.26. The van der Waals surface area contributed by atoms with E-state index in [1.807, 2.05) is 0 Å². The molecule has 4 rings (SSSR count).